The predicted octanol–water partition coefficient (Wildman–Crippen LogP) is 12.2. The zero-order chi connectivity index (χ0) is 30.1. The van der Waals surface area contributed by atoms with Crippen LogP contribution in [0, 0.1) is 0 Å². The van der Waals surface area contributed by atoms with E-state index in [4.69, 9.17) is 4.42 Å². The molecule has 1 aliphatic rings. The molecule has 0 unspecified atom stereocenters. The zero-order valence-electron chi connectivity index (χ0n) is 25.3. The first-order valence-corrected chi connectivity index (χ1v) is 15.6. The van der Waals surface area contributed by atoms with E-state index in [1.807, 2.05) is 0 Å². The van der Waals surface area contributed by atoms with E-state index in [2.05, 4.69) is 170 Å². The third-order valence-electron chi connectivity index (χ3n) is 9.66. The topological polar surface area (TPSA) is 16.4 Å². The van der Waals surface area contributed by atoms with Gasteiger partial charge in [0, 0.05) is 38.5 Å². The Bertz CT molecular complexity index is 2410. The Hall–Kier alpha value is -5.60. The van der Waals surface area contributed by atoms with Gasteiger partial charge in [0.05, 0.1) is 5.69 Å². The molecule has 0 atom stereocenters. The van der Waals surface area contributed by atoms with Crippen molar-refractivity contribution in [3.63, 3.8) is 0 Å². The van der Waals surface area contributed by atoms with E-state index in [-0.39, 0.29) is 5.41 Å². The lowest BCUT2D eigenvalue weighted by Gasteiger charge is -2.30. The maximum atomic E-state index is 6.59. The van der Waals surface area contributed by atoms with E-state index < -0.39 is 0 Å². The minimum Gasteiger partial charge on any atom is -0.455 e. The molecular weight excluding hydrogens is 546 g/mol. The fourth-order valence-corrected chi connectivity index (χ4v) is 7.51. The Labute approximate surface area is 262 Å². The summed E-state index contributed by atoms with van der Waals surface area (Å²) in [6, 6.07) is 54.6. The highest BCUT2D eigenvalue weighted by Gasteiger charge is 2.35. The summed E-state index contributed by atoms with van der Waals surface area (Å²) in [6.45, 7) is 4.69. The number of anilines is 3. The molecule has 9 rings (SSSR count). The fraction of sp³-hybridized carbons (Fsp3) is 0.0698. The first-order chi connectivity index (χ1) is 22.1. The maximum Gasteiger partial charge on any atom is 0.143 e. The van der Waals surface area contributed by atoms with Crippen LogP contribution >= 0.6 is 0 Å². The maximum absolute atomic E-state index is 6.59. The molecule has 0 saturated heterocycles. The summed E-state index contributed by atoms with van der Waals surface area (Å²) in [5, 5.41) is 4.60. The Morgan fingerprint density at radius 2 is 1.20 bits per heavy atom. The molecule has 0 bridgehead atoms. The van der Waals surface area contributed by atoms with Gasteiger partial charge in [-0.05, 0) is 75.7 Å². The van der Waals surface area contributed by atoms with E-state index >= 15 is 0 Å². The lowest BCUT2D eigenvalue weighted by atomic mass is 9.82. The van der Waals surface area contributed by atoms with Crippen LogP contribution in [-0.4, -0.2) is 0 Å². The Morgan fingerprint density at radius 3 is 2.09 bits per heavy atom. The minimum atomic E-state index is -0.0894. The number of benzene rings is 7. The van der Waals surface area contributed by atoms with Crippen LogP contribution in [-0.2, 0) is 5.41 Å². The van der Waals surface area contributed by atoms with Gasteiger partial charge in [0.15, 0.2) is 0 Å². The van der Waals surface area contributed by atoms with Gasteiger partial charge in [-0.1, -0.05) is 123 Å². The molecule has 2 nitrogen and oxygen atoms in total. The molecular formula is C43H31NO. The largest absolute Gasteiger partial charge is 0.455 e. The minimum absolute atomic E-state index is 0.0894. The second kappa shape index (κ2) is 9.70. The van der Waals surface area contributed by atoms with Gasteiger partial charge >= 0.3 is 0 Å². The molecule has 7 aromatic carbocycles. The first kappa shape index (κ1) is 25.9. The van der Waals surface area contributed by atoms with E-state index in [9.17, 15) is 0 Å². The summed E-state index contributed by atoms with van der Waals surface area (Å²) in [4.78, 5) is 2.41. The van der Waals surface area contributed by atoms with Gasteiger partial charge in [-0.25, -0.2) is 0 Å². The van der Waals surface area contributed by atoms with Gasteiger partial charge in [0.2, 0.25) is 0 Å². The third kappa shape index (κ3) is 3.82. The molecule has 0 spiro atoms. The Morgan fingerprint density at radius 1 is 0.489 bits per heavy atom. The van der Waals surface area contributed by atoms with E-state index in [1.165, 1.54) is 27.6 Å². The normalized spacial score (nSPS) is 13.3. The molecule has 2 heteroatoms. The summed E-state index contributed by atoms with van der Waals surface area (Å²) in [5.41, 5.74) is 12.8. The second-order valence-corrected chi connectivity index (χ2v) is 12.5. The smallest absolute Gasteiger partial charge is 0.143 e. The molecule has 0 saturated carbocycles. The lowest BCUT2D eigenvalue weighted by molar-refractivity contribution is 0.660. The van der Waals surface area contributed by atoms with Crippen molar-refractivity contribution in [3.05, 3.63) is 163 Å². The van der Waals surface area contributed by atoms with Crippen LogP contribution in [0.4, 0.5) is 17.1 Å². The summed E-state index contributed by atoms with van der Waals surface area (Å²) >= 11 is 0. The van der Waals surface area contributed by atoms with Gasteiger partial charge in [-0.3, -0.25) is 0 Å². The van der Waals surface area contributed by atoms with Crippen molar-refractivity contribution in [1.82, 2.24) is 0 Å². The van der Waals surface area contributed by atoms with Gasteiger partial charge in [-0.15, -0.1) is 0 Å². The number of furan rings is 1. The number of hydrogen-bond acceptors (Lipinski definition) is 2. The quantitative estimate of drug-likeness (QED) is 0.207. The van der Waals surface area contributed by atoms with Crippen LogP contribution in [0.25, 0.3) is 55.0 Å². The zero-order valence-corrected chi connectivity index (χ0v) is 25.3. The van der Waals surface area contributed by atoms with E-state index in [1.54, 1.807) is 0 Å². The molecule has 1 aliphatic carbocycles. The molecule has 0 aliphatic heterocycles. The third-order valence-corrected chi connectivity index (χ3v) is 9.66. The molecule has 45 heavy (non-hydrogen) atoms. The number of fused-ring (bicyclic) bond motifs is 8. The molecule has 0 N–H and O–H groups in total. The molecule has 0 fully saturated rings. The van der Waals surface area contributed by atoms with Crippen LogP contribution < -0.4 is 4.90 Å². The van der Waals surface area contributed by atoms with Crippen molar-refractivity contribution in [3.8, 4) is 22.3 Å². The average molecular weight is 578 g/mol. The highest BCUT2D eigenvalue weighted by atomic mass is 16.3. The number of hydrogen-bond donors (Lipinski definition) is 0. The van der Waals surface area contributed by atoms with Crippen molar-refractivity contribution in [2.45, 2.75) is 19.3 Å². The Kier molecular flexibility index (Phi) is 5.58. The Balaban J connectivity index is 1.29. The first-order valence-electron chi connectivity index (χ1n) is 15.6. The average Bonchev–Trinajstić information content (AvgIpc) is 3.59. The predicted molar refractivity (Wildman–Crippen MR) is 189 cm³/mol. The van der Waals surface area contributed by atoms with Crippen molar-refractivity contribution >= 4 is 49.8 Å². The van der Waals surface area contributed by atoms with Crippen molar-refractivity contribution in [2.75, 3.05) is 4.90 Å². The van der Waals surface area contributed by atoms with Crippen LogP contribution in [0.1, 0.15) is 25.0 Å². The molecule has 8 aromatic rings. The number of para-hydroxylation sites is 2. The van der Waals surface area contributed by atoms with Crippen LogP contribution in [0.2, 0.25) is 0 Å². The highest BCUT2D eigenvalue weighted by molar-refractivity contribution is 6.19. The highest BCUT2D eigenvalue weighted by Crippen LogP contribution is 2.51. The van der Waals surface area contributed by atoms with Crippen LogP contribution in [0.5, 0.6) is 0 Å². The fourth-order valence-electron chi connectivity index (χ4n) is 7.51. The lowest BCUT2D eigenvalue weighted by Crippen LogP contribution is -2.16. The number of rotatable bonds is 4. The van der Waals surface area contributed by atoms with Crippen molar-refractivity contribution < 1.29 is 4.42 Å². The van der Waals surface area contributed by atoms with Gasteiger partial charge in [-0.2, -0.15) is 0 Å². The summed E-state index contributed by atoms with van der Waals surface area (Å²) in [5.74, 6) is 0. The van der Waals surface area contributed by atoms with Crippen LogP contribution in [0.3, 0.4) is 0 Å². The molecule has 214 valence electrons. The molecule has 1 aromatic heterocycles. The standard InChI is InChI=1S/C43H31NO/c1-43(2)37-20-10-8-17-32(37)33-26-24-30(27-38(33)43)44(29-14-4-3-5-15-29)39-21-11-9-18-34(39)35-19-12-22-40-41(35)36-25-23-28-13-6-7-16-31(28)42(36)45-40/h3-27H,1-2H3. The van der Waals surface area contributed by atoms with E-state index in [0.29, 0.717) is 0 Å². The van der Waals surface area contributed by atoms with Gasteiger partial charge in [0.25, 0.3) is 0 Å². The monoisotopic (exact) mass is 577 g/mol. The van der Waals surface area contributed by atoms with Crippen LogP contribution in [0.15, 0.2) is 156 Å². The molecule has 0 radical (unpaired) electrons. The molecule has 0 amide bonds. The van der Waals surface area contributed by atoms with Gasteiger partial charge < -0.3 is 9.32 Å². The second-order valence-electron chi connectivity index (χ2n) is 12.5. The van der Waals surface area contributed by atoms with Crippen molar-refractivity contribution in [1.29, 1.82) is 0 Å². The molecule has 1 heterocycles. The summed E-state index contributed by atoms with van der Waals surface area (Å²) < 4.78 is 6.59. The summed E-state index contributed by atoms with van der Waals surface area (Å²) in [6.07, 6.45) is 0. The summed E-state index contributed by atoms with van der Waals surface area (Å²) in [7, 11) is 0. The SMILES string of the molecule is CC1(C)c2ccccc2-c2ccc(N(c3ccccc3)c3ccccc3-c3cccc4oc5c6ccccc6ccc5c34)cc21. The number of nitrogens with zero attached hydrogens (tertiary/aromatic N) is 1. The van der Waals surface area contributed by atoms with Crippen molar-refractivity contribution in [2.24, 2.45) is 0 Å². The van der Waals surface area contributed by atoms with E-state index in [0.717, 1.165) is 55.5 Å². The van der Waals surface area contributed by atoms with Gasteiger partial charge in [0.1, 0.15) is 11.2 Å².